The molecule has 3 nitrogen and oxygen atoms in total. The van der Waals surface area contributed by atoms with Gasteiger partial charge in [-0.25, -0.2) is 5.43 Å². The van der Waals surface area contributed by atoms with Crippen molar-refractivity contribution in [1.82, 2.24) is 5.43 Å². The summed E-state index contributed by atoms with van der Waals surface area (Å²) in [5, 5.41) is 2.58. The van der Waals surface area contributed by atoms with E-state index in [0.29, 0.717) is 16.8 Å². The zero-order valence-corrected chi connectivity index (χ0v) is 9.33. The van der Waals surface area contributed by atoms with Crippen molar-refractivity contribution in [3.63, 3.8) is 0 Å². The molecule has 2 rings (SSSR count). The number of hydrogen-bond donors (Lipinski definition) is 2. The number of hydrogen-bond acceptors (Lipinski definition) is 3. The summed E-state index contributed by atoms with van der Waals surface area (Å²) in [6.07, 6.45) is 5.13. The van der Waals surface area contributed by atoms with Crippen LogP contribution in [0.2, 0.25) is 5.02 Å². The molecular weight excluding hydrogens is 210 g/mol. The van der Waals surface area contributed by atoms with Crippen LogP contribution in [0.3, 0.4) is 0 Å². The van der Waals surface area contributed by atoms with Gasteiger partial charge in [-0.2, -0.15) is 0 Å². The smallest absolute Gasteiger partial charge is 0.0758 e. The molecule has 1 heterocycles. The topological polar surface area (TPSA) is 41.3 Å². The van der Waals surface area contributed by atoms with Crippen molar-refractivity contribution in [2.75, 3.05) is 10.7 Å². The van der Waals surface area contributed by atoms with Gasteiger partial charge >= 0.3 is 0 Å². The third-order valence-corrected chi connectivity index (χ3v) is 2.64. The molecule has 0 bridgehead atoms. The van der Waals surface area contributed by atoms with Crippen molar-refractivity contribution in [2.45, 2.75) is 19.4 Å². The summed E-state index contributed by atoms with van der Waals surface area (Å²) in [6.45, 7) is 2.13. The van der Waals surface area contributed by atoms with Gasteiger partial charge in [0.15, 0.2) is 0 Å². The first kappa shape index (κ1) is 10.3. The first-order valence-electron chi connectivity index (χ1n) is 4.94. The van der Waals surface area contributed by atoms with Gasteiger partial charge in [-0.15, -0.1) is 0 Å². The quantitative estimate of drug-likeness (QED) is 0.719. The molecule has 80 valence electrons. The maximum Gasteiger partial charge on any atom is 0.0758 e. The van der Waals surface area contributed by atoms with Crippen LogP contribution < -0.4 is 16.2 Å². The Kier molecular flexibility index (Phi) is 2.84. The fourth-order valence-corrected chi connectivity index (χ4v) is 1.85. The number of nitrogen functional groups attached to an aromatic ring is 1. The molecule has 4 heteroatoms. The Hall–Kier alpha value is -1.19. The van der Waals surface area contributed by atoms with E-state index in [9.17, 15) is 0 Å². The summed E-state index contributed by atoms with van der Waals surface area (Å²) in [7, 11) is 0. The van der Waals surface area contributed by atoms with Crippen molar-refractivity contribution < 1.29 is 0 Å². The van der Waals surface area contributed by atoms with Crippen LogP contribution in [0.4, 0.5) is 11.4 Å². The number of nitrogens with one attached hydrogen (secondary N) is 1. The van der Waals surface area contributed by atoms with Gasteiger partial charge in [0.25, 0.3) is 0 Å². The predicted molar refractivity (Wildman–Crippen MR) is 64.7 cm³/mol. The lowest BCUT2D eigenvalue weighted by Crippen LogP contribution is -2.42. The second-order valence-electron chi connectivity index (χ2n) is 3.73. The van der Waals surface area contributed by atoms with Gasteiger partial charge in [0.1, 0.15) is 0 Å². The fraction of sp³-hybridized carbons (Fsp3) is 0.273. The van der Waals surface area contributed by atoms with Gasteiger partial charge in [0.05, 0.1) is 10.7 Å². The molecule has 1 aliphatic heterocycles. The van der Waals surface area contributed by atoms with E-state index >= 15 is 0 Å². The number of hydrazine groups is 1. The molecule has 0 radical (unpaired) electrons. The average Bonchev–Trinajstić information content (AvgIpc) is 2.17. The van der Waals surface area contributed by atoms with Crippen LogP contribution in [0.1, 0.15) is 13.3 Å². The molecule has 3 N–H and O–H groups in total. The van der Waals surface area contributed by atoms with Gasteiger partial charge in [0.2, 0.25) is 0 Å². The van der Waals surface area contributed by atoms with Crippen LogP contribution in [0.5, 0.6) is 0 Å². The van der Waals surface area contributed by atoms with Crippen molar-refractivity contribution >= 4 is 23.0 Å². The van der Waals surface area contributed by atoms with E-state index in [0.717, 1.165) is 12.1 Å². The molecule has 0 aromatic heterocycles. The number of rotatable bonds is 1. The van der Waals surface area contributed by atoms with Crippen LogP contribution in [-0.2, 0) is 0 Å². The molecule has 1 unspecified atom stereocenters. The zero-order chi connectivity index (χ0) is 10.8. The maximum atomic E-state index is 6.12. The highest BCUT2D eigenvalue weighted by Crippen LogP contribution is 2.28. The number of benzene rings is 1. The van der Waals surface area contributed by atoms with E-state index in [1.807, 2.05) is 23.3 Å². The highest BCUT2D eigenvalue weighted by Gasteiger charge is 2.13. The normalized spacial score (nSPS) is 20.7. The summed E-state index contributed by atoms with van der Waals surface area (Å²) < 4.78 is 0. The average molecular weight is 224 g/mol. The Morgan fingerprint density at radius 3 is 3.00 bits per heavy atom. The molecule has 15 heavy (non-hydrogen) atoms. The first-order valence-corrected chi connectivity index (χ1v) is 5.31. The van der Waals surface area contributed by atoms with Gasteiger partial charge in [-0.05, 0) is 31.5 Å². The Bertz CT molecular complexity index is 389. The molecule has 0 spiro atoms. The maximum absolute atomic E-state index is 6.12. The minimum atomic E-state index is 0.420. The number of nitrogens with zero attached hydrogens (tertiary/aromatic N) is 1. The standard InChI is InChI=1S/C11H14ClN3/c1-8-3-2-6-15(14-8)11-5-4-9(13)7-10(11)12/h2,4-8,14H,3,13H2,1H3. The van der Waals surface area contributed by atoms with E-state index in [-0.39, 0.29) is 0 Å². The van der Waals surface area contributed by atoms with E-state index in [1.165, 1.54) is 0 Å². The van der Waals surface area contributed by atoms with Gasteiger partial charge in [0, 0.05) is 17.9 Å². The lowest BCUT2D eigenvalue weighted by atomic mass is 10.2. The number of nitrogens with two attached hydrogens (primary N) is 1. The lowest BCUT2D eigenvalue weighted by Gasteiger charge is -2.29. The molecule has 0 saturated heterocycles. The molecule has 0 fully saturated rings. The Labute approximate surface area is 94.5 Å². The zero-order valence-electron chi connectivity index (χ0n) is 8.57. The molecule has 1 aliphatic rings. The second-order valence-corrected chi connectivity index (χ2v) is 4.14. The minimum absolute atomic E-state index is 0.420. The summed E-state index contributed by atoms with van der Waals surface area (Å²) in [5.41, 5.74) is 10.6. The van der Waals surface area contributed by atoms with Crippen molar-refractivity contribution in [1.29, 1.82) is 0 Å². The number of halogens is 1. The number of anilines is 2. The van der Waals surface area contributed by atoms with E-state index < -0.39 is 0 Å². The summed E-state index contributed by atoms with van der Waals surface area (Å²) in [6, 6.07) is 5.93. The van der Waals surface area contributed by atoms with Crippen LogP contribution >= 0.6 is 11.6 Å². The Balaban J connectivity index is 2.29. The largest absolute Gasteiger partial charge is 0.399 e. The van der Waals surface area contributed by atoms with E-state index in [2.05, 4.69) is 18.4 Å². The van der Waals surface area contributed by atoms with Gasteiger partial charge in [-0.1, -0.05) is 17.7 Å². The Morgan fingerprint density at radius 2 is 2.33 bits per heavy atom. The second kappa shape index (κ2) is 4.13. The SMILES string of the molecule is CC1CC=CN(c2ccc(N)cc2Cl)N1. The third kappa shape index (κ3) is 2.25. The minimum Gasteiger partial charge on any atom is -0.399 e. The predicted octanol–water partition coefficient (Wildman–Crippen LogP) is 2.54. The summed E-state index contributed by atoms with van der Waals surface area (Å²) >= 11 is 6.12. The lowest BCUT2D eigenvalue weighted by molar-refractivity contribution is 0.539. The van der Waals surface area contributed by atoms with Crippen LogP contribution in [0.25, 0.3) is 0 Å². The van der Waals surface area contributed by atoms with Gasteiger partial charge in [-0.3, -0.25) is 5.01 Å². The molecule has 0 amide bonds. The highest BCUT2D eigenvalue weighted by atomic mass is 35.5. The molecule has 1 aromatic carbocycles. The molecule has 1 aromatic rings. The van der Waals surface area contributed by atoms with Crippen molar-refractivity contribution in [2.24, 2.45) is 0 Å². The third-order valence-electron chi connectivity index (χ3n) is 2.33. The Morgan fingerprint density at radius 1 is 1.53 bits per heavy atom. The van der Waals surface area contributed by atoms with E-state index in [1.54, 1.807) is 6.07 Å². The van der Waals surface area contributed by atoms with Crippen molar-refractivity contribution in [3.05, 3.63) is 35.5 Å². The van der Waals surface area contributed by atoms with Gasteiger partial charge < -0.3 is 5.73 Å². The van der Waals surface area contributed by atoms with E-state index in [4.69, 9.17) is 17.3 Å². The monoisotopic (exact) mass is 223 g/mol. The molecule has 1 atom stereocenters. The summed E-state index contributed by atoms with van der Waals surface area (Å²) in [4.78, 5) is 0. The van der Waals surface area contributed by atoms with Crippen LogP contribution in [0, 0.1) is 0 Å². The summed E-state index contributed by atoms with van der Waals surface area (Å²) in [5.74, 6) is 0. The molecule has 0 saturated carbocycles. The molecular formula is C11H14ClN3. The van der Waals surface area contributed by atoms with Crippen molar-refractivity contribution in [3.8, 4) is 0 Å². The molecule has 0 aliphatic carbocycles. The van der Waals surface area contributed by atoms with Crippen LogP contribution in [0.15, 0.2) is 30.5 Å². The van der Waals surface area contributed by atoms with Crippen LogP contribution in [-0.4, -0.2) is 6.04 Å². The fourth-order valence-electron chi connectivity index (χ4n) is 1.57. The highest BCUT2D eigenvalue weighted by molar-refractivity contribution is 6.33. The first-order chi connectivity index (χ1) is 7.16.